The molecule has 7 heteroatoms. The molecular weight excluding hydrogens is 336 g/mol. The van der Waals surface area contributed by atoms with Crippen LogP contribution in [0.4, 0.5) is 0 Å². The third-order valence-corrected chi connectivity index (χ3v) is 5.42. The van der Waals surface area contributed by atoms with E-state index in [1.165, 1.54) is 12.1 Å². The van der Waals surface area contributed by atoms with Gasteiger partial charge in [0.15, 0.2) is 5.96 Å². The molecule has 0 amide bonds. The maximum absolute atomic E-state index is 11.6. The van der Waals surface area contributed by atoms with Gasteiger partial charge in [-0.15, -0.1) is 11.3 Å². The monoisotopic (exact) mass is 366 g/mol. The summed E-state index contributed by atoms with van der Waals surface area (Å²) in [6.07, 6.45) is 4.88. The fraction of sp³-hybridized carbons (Fsp3) is 0.722. The molecule has 1 aliphatic rings. The molecule has 25 heavy (non-hydrogen) atoms. The van der Waals surface area contributed by atoms with Crippen LogP contribution in [0.25, 0.3) is 0 Å². The van der Waals surface area contributed by atoms with Crippen molar-refractivity contribution in [3.05, 3.63) is 16.1 Å². The van der Waals surface area contributed by atoms with Crippen LogP contribution in [0.15, 0.2) is 10.4 Å². The molecule has 1 aliphatic heterocycles. The van der Waals surface area contributed by atoms with Gasteiger partial charge >= 0.3 is 5.97 Å². The highest BCUT2D eigenvalue weighted by atomic mass is 32.1. The van der Waals surface area contributed by atoms with Crippen molar-refractivity contribution in [3.8, 4) is 0 Å². The lowest BCUT2D eigenvalue weighted by Crippen LogP contribution is -2.46. The SMILES string of the molecule is CCNC(=NCCCCc1nc(C)cs1)N1CCC(C(=O)OC)CC1. The summed E-state index contributed by atoms with van der Waals surface area (Å²) >= 11 is 1.74. The summed E-state index contributed by atoms with van der Waals surface area (Å²) in [6.45, 7) is 7.50. The number of likely N-dealkylation sites (tertiary alicyclic amines) is 1. The van der Waals surface area contributed by atoms with Crippen LogP contribution in [0, 0.1) is 12.8 Å². The van der Waals surface area contributed by atoms with Gasteiger partial charge in [0.25, 0.3) is 0 Å². The van der Waals surface area contributed by atoms with E-state index in [0.717, 1.165) is 69.9 Å². The van der Waals surface area contributed by atoms with E-state index in [9.17, 15) is 4.79 Å². The van der Waals surface area contributed by atoms with Gasteiger partial charge in [0.1, 0.15) is 0 Å². The Morgan fingerprint density at radius 3 is 2.80 bits per heavy atom. The van der Waals surface area contributed by atoms with Crippen molar-refractivity contribution >= 4 is 23.3 Å². The standard InChI is InChI=1S/C18H30N4O2S/c1-4-19-18(22-11-8-15(9-12-22)17(23)24-3)20-10-6-5-7-16-21-14(2)13-25-16/h13,15H,4-12H2,1-3H3,(H,19,20). The van der Waals surface area contributed by atoms with Gasteiger partial charge in [0.05, 0.1) is 18.0 Å². The Labute approximate surface area is 154 Å². The van der Waals surface area contributed by atoms with E-state index in [-0.39, 0.29) is 11.9 Å². The third-order valence-electron chi connectivity index (χ3n) is 4.39. The molecule has 6 nitrogen and oxygen atoms in total. The zero-order chi connectivity index (χ0) is 18.1. The first-order chi connectivity index (χ1) is 12.1. The number of nitrogens with one attached hydrogen (secondary N) is 1. The molecule has 1 N–H and O–H groups in total. The number of ether oxygens (including phenoxy) is 1. The second-order valence-electron chi connectivity index (χ2n) is 6.36. The molecule has 1 saturated heterocycles. The first-order valence-corrected chi connectivity index (χ1v) is 10.0. The highest BCUT2D eigenvalue weighted by Crippen LogP contribution is 2.18. The number of nitrogens with zero attached hydrogens (tertiary/aromatic N) is 3. The molecule has 2 rings (SSSR count). The van der Waals surface area contributed by atoms with Crippen LogP contribution < -0.4 is 5.32 Å². The number of piperidine rings is 1. The van der Waals surface area contributed by atoms with Gasteiger partial charge in [-0.1, -0.05) is 0 Å². The summed E-state index contributed by atoms with van der Waals surface area (Å²) < 4.78 is 4.86. The Morgan fingerprint density at radius 1 is 1.44 bits per heavy atom. The highest BCUT2D eigenvalue weighted by Gasteiger charge is 2.26. The van der Waals surface area contributed by atoms with Crippen LogP contribution >= 0.6 is 11.3 Å². The number of aliphatic imine (C=N–C) groups is 1. The van der Waals surface area contributed by atoms with Crippen LogP contribution in [0.2, 0.25) is 0 Å². The van der Waals surface area contributed by atoms with Crippen LogP contribution in [-0.4, -0.2) is 55.1 Å². The second kappa shape index (κ2) is 10.4. The van der Waals surface area contributed by atoms with Crippen molar-refractivity contribution < 1.29 is 9.53 Å². The molecule has 140 valence electrons. The minimum Gasteiger partial charge on any atom is -0.469 e. The highest BCUT2D eigenvalue weighted by molar-refractivity contribution is 7.09. The van der Waals surface area contributed by atoms with Crippen molar-refractivity contribution in [1.29, 1.82) is 0 Å². The minimum atomic E-state index is -0.0842. The Kier molecular flexibility index (Phi) is 8.18. The number of guanidine groups is 1. The van der Waals surface area contributed by atoms with Gasteiger partial charge in [-0.05, 0) is 46.0 Å². The molecular formula is C18H30N4O2S. The van der Waals surface area contributed by atoms with E-state index in [2.05, 4.69) is 27.5 Å². The van der Waals surface area contributed by atoms with Crippen molar-refractivity contribution in [2.75, 3.05) is 33.3 Å². The van der Waals surface area contributed by atoms with Crippen LogP contribution in [0.3, 0.4) is 0 Å². The topological polar surface area (TPSA) is 66.8 Å². The lowest BCUT2D eigenvalue weighted by molar-refractivity contribution is -0.146. The van der Waals surface area contributed by atoms with E-state index in [1.54, 1.807) is 11.3 Å². The average Bonchev–Trinajstić information content (AvgIpc) is 3.05. The fourth-order valence-electron chi connectivity index (χ4n) is 3.01. The van der Waals surface area contributed by atoms with Crippen molar-refractivity contribution in [2.24, 2.45) is 10.9 Å². The largest absolute Gasteiger partial charge is 0.469 e. The van der Waals surface area contributed by atoms with Crippen LogP contribution in [-0.2, 0) is 16.0 Å². The Balaban J connectivity index is 1.75. The third kappa shape index (κ3) is 6.30. The lowest BCUT2D eigenvalue weighted by atomic mass is 9.97. The molecule has 0 aliphatic carbocycles. The molecule has 1 aromatic heterocycles. The molecule has 2 heterocycles. The maximum atomic E-state index is 11.6. The first-order valence-electron chi connectivity index (χ1n) is 9.16. The number of aryl methyl sites for hydroxylation is 2. The first kappa shape index (κ1) is 19.7. The van der Waals surface area contributed by atoms with E-state index in [4.69, 9.17) is 9.73 Å². The van der Waals surface area contributed by atoms with Gasteiger partial charge in [-0.3, -0.25) is 9.79 Å². The number of esters is 1. The molecule has 0 spiro atoms. The average molecular weight is 367 g/mol. The van der Waals surface area contributed by atoms with Crippen LogP contribution in [0.5, 0.6) is 0 Å². The van der Waals surface area contributed by atoms with E-state index in [1.807, 2.05) is 6.92 Å². The normalized spacial score (nSPS) is 16.1. The number of unbranched alkanes of at least 4 members (excludes halogenated alkanes) is 1. The number of hydrogen-bond donors (Lipinski definition) is 1. The molecule has 0 aromatic carbocycles. The quantitative estimate of drug-likeness (QED) is 0.348. The van der Waals surface area contributed by atoms with Crippen molar-refractivity contribution in [3.63, 3.8) is 0 Å². The molecule has 0 radical (unpaired) electrons. The summed E-state index contributed by atoms with van der Waals surface area (Å²) in [7, 11) is 1.47. The molecule has 0 unspecified atom stereocenters. The fourth-order valence-corrected chi connectivity index (χ4v) is 3.83. The van der Waals surface area contributed by atoms with Gasteiger partial charge in [0.2, 0.25) is 0 Å². The smallest absolute Gasteiger partial charge is 0.308 e. The molecule has 0 bridgehead atoms. The molecule has 0 saturated carbocycles. The number of carbonyl (C=O) groups excluding carboxylic acids is 1. The number of carbonyl (C=O) groups is 1. The van der Waals surface area contributed by atoms with Gasteiger partial charge < -0.3 is 15.0 Å². The molecule has 1 fully saturated rings. The Hall–Kier alpha value is -1.63. The van der Waals surface area contributed by atoms with Crippen molar-refractivity contribution in [1.82, 2.24) is 15.2 Å². The van der Waals surface area contributed by atoms with Crippen molar-refractivity contribution in [2.45, 2.75) is 46.0 Å². The summed E-state index contributed by atoms with van der Waals surface area (Å²) in [4.78, 5) is 23.2. The van der Waals surface area contributed by atoms with Gasteiger partial charge in [-0.2, -0.15) is 0 Å². The number of thiazole rings is 1. The lowest BCUT2D eigenvalue weighted by Gasteiger charge is -2.33. The zero-order valence-corrected chi connectivity index (χ0v) is 16.4. The number of aromatic nitrogens is 1. The van der Waals surface area contributed by atoms with Crippen LogP contribution in [0.1, 0.15) is 43.3 Å². The maximum Gasteiger partial charge on any atom is 0.308 e. The Bertz CT molecular complexity index is 565. The number of rotatable bonds is 7. The number of hydrogen-bond acceptors (Lipinski definition) is 5. The summed E-state index contributed by atoms with van der Waals surface area (Å²) in [5.74, 6) is 0.917. The molecule has 1 aromatic rings. The predicted molar refractivity (Wildman–Crippen MR) is 102 cm³/mol. The predicted octanol–water partition coefficient (Wildman–Crippen LogP) is 2.62. The van der Waals surface area contributed by atoms with E-state index >= 15 is 0 Å². The Morgan fingerprint density at radius 2 is 2.20 bits per heavy atom. The van der Waals surface area contributed by atoms with Gasteiger partial charge in [-0.25, -0.2) is 4.98 Å². The number of methoxy groups -OCH3 is 1. The van der Waals surface area contributed by atoms with E-state index in [0.29, 0.717) is 0 Å². The minimum absolute atomic E-state index is 0.0332. The van der Waals surface area contributed by atoms with E-state index < -0.39 is 0 Å². The second-order valence-corrected chi connectivity index (χ2v) is 7.30. The summed E-state index contributed by atoms with van der Waals surface area (Å²) in [5, 5.41) is 6.70. The summed E-state index contributed by atoms with van der Waals surface area (Å²) in [6, 6.07) is 0. The molecule has 0 atom stereocenters. The summed E-state index contributed by atoms with van der Waals surface area (Å²) in [5.41, 5.74) is 1.11. The van der Waals surface area contributed by atoms with Gasteiger partial charge in [0, 0.05) is 37.3 Å². The zero-order valence-electron chi connectivity index (χ0n) is 15.6.